The Morgan fingerprint density at radius 3 is 2.00 bits per heavy atom. The highest BCUT2D eigenvalue weighted by Gasteiger charge is 2.05. The Morgan fingerprint density at radius 2 is 1.44 bits per heavy atom. The molecule has 0 N–H and O–H groups in total. The van der Waals surface area contributed by atoms with Crippen LogP contribution in [-0.4, -0.2) is 0 Å². The van der Waals surface area contributed by atoms with Gasteiger partial charge in [0.1, 0.15) is 0 Å². The van der Waals surface area contributed by atoms with Crippen LogP contribution in [0, 0.1) is 31.5 Å². The van der Waals surface area contributed by atoms with Crippen LogP contribution in [0.4, 0.5) is 8.78 Å². The fourth-order valence-corrected chi connectivity index (χ4v) is 1.73. The van der Waals surface area contributed by atoms with Crippen molar-refractivity contribution in [1.82, 2.24) is 0 Å². The number of benzene rings is 2. The lowest BCUT2D eigenvalue weighted by Crippen LogP contribution is -1.87. The SMILES string of the molecule is Cc1[c]c(C)cc(-c2ccc(F)c(F)c2)c1. The third-order valence-corrected chi connectivity index (χ3v) is 2.39. The molecule has 0 spiro atoms. The van der Waals surface area contributed by atoms with E-state index in [0.717, 1.165) is 22.8 Å². The van der Waals surface area contributed by atoms with E-state index in [1.165, 1.54) is 6.07 Å². The predicted octanol–water partition coefficient (Wildman–Crippen LogP) is 4.05. The zero-order chi connectivity index (χ0) is 11.7. The van der Waals surface area contributed by atoms with Crippen molar-refractivity contribution in [2.24, 2.45) is 0 Å². The number of rotatable bonds is 1. The molecule has 0 fully saturated rings. The van der Waals surface area contributed by atoms with Crippen LogP contribution >= 0.6 is 0 Å². The van der Waals surface area contributed by atoms with Gasteiger partial charge in [0.05, 0.1) is 0 Å². The van der Waals surface area contributed by atoms with Crippen LogP contribution in [0.25, 0.3) is 11.1 Å². The number of aryl methyl sites for hydroxylation is 2. The summed E-state index contributed by atoms with van der Waals surface area (Å²) in [5.41, 5.74) is 3.53. The molecule has 0 aliphatic carbocycles. The summed E-state index contributed by atoms with van der Waals surface area (Å²) in [4.78, 5) is 0. The van der Waals surface area contributed by atoms with Gasteiger partial charge in [0.2, 0.25) is 0 Å². The average molecular weight is 217 g/mol. The first-order valence-corrected chi connectivity index (χ1v) is 5.02. The first-order chi connectivity index (χ1) is 7.56. The molecular formula is C14H11F2. The molecule has 0 unspecified atom stereocenters. The summed E-state index contributed by atoms with van der Waals surface area (Å²) < 4.78 is 25.9. The molecule has 0 aromatic heterocycles. The highest BCUT2D eigenvalue weighted by atomic mass is 19.2. The molecule has 0 nitrogen and oxygen atoms in total. The van der Waals surface area contributed by atoms with Crippen molar-refractivity contribution in [2.45, 2.75) is 13.8 Å². The molecule has 0 atom stereocenters. The minimum absolute atomic E-state index is 0.680. The number of hydrogen-bond acceptors (Lipinski definition) is 0. The molecule has 2 aromatic carbocycles. The molecule has 16 heavy (non-hydrogen) atoms. The fraction of sp³-hybridized carbons (Fsp3) is 0.143. The van der Waals surface area contributed by atoms with Gasteiger partial charge in [-0.3, -0.25) is 0 Å². The first-order valence-electron chi connectivity index (χ1n) is 5.02. The zero-order valence-corrected chi connectivity index (χ0v) is 9.14. The third kappa shape index (κ3) is 2.11. The molecule has 2 rings (SSSR count). The van der Waals surface area contributed by atoms with Gasteiger partial charge in [0.15, 0.2) is 11.6 Å². The Balaban J connectivity index is 2.54. The smallest absolute Gasteiger partial charge is 0.159 e. The fourth-order valence-electron chi connectivity index (χ4n) is 1.73. The van der Waals surface area contributed by atoms with Gasteiger partial charge < -0.3 is 0 Å². The van der Waals surface area contributed by atoms with Gasteiger partial charge in [-0.2, -0.15) is 0 Å². The summed E-state index contributed by atoms with van der Waals surface area (Å²) in [6.45, 7) is 3.85. The molecule has 0 amide bonds. The predicted molar refractivity (Wildman–Crippen MR) is 60.1 cm³/mol. The van der Waals surface area contributed by atoms with Gasteiger partial charge in [-0.15, -0.1) is 0 Å². The van der Waals surface area contributed by atoms with E-state index in [4.69, 9.17) is 0 Å². The maximum absolute atomic E-state index is 13.1. The van der Waals surface area contributed by atoms with Gasteiger partial charge >= 0.3 is 0 Å². The Labute approximate surface area is 93.5 Å². The van der Waals surface area contributed by atoms with Crippen LogP contribution in [0.15, 0.2) is 30.3 Å². The molecular weight excluding hydrogens is 206 g/mol. The molecule has 0 saturated heterocycles. The van der Waals surface area contributed by atoms with Crippen molar-refractivity contribution < 1.29 is 8.78 Å². The van der Waals surface area contributed by atoms with Crippen molar-refractivity contribution in [2.75, 3.05) is 0 Å². The number of hydrogen-bond donors (Lipinski definition) is 0. The summed E-state index contributed by atoms with van der Waals surface area (Å²) in [6, 6.07) is 10.9. The van der Waals surface area contributed by atoms with Gasteiger partial charge in [0, 0.05) is 0 Å². The largest absolute Gasteiger partial charge is 0.204 e. The lowest BCUT2D eigenvalue weighted by atomic mass is 10.0. The molecule has 0 bridgehead atoms. The van der Waals surface area contributed by atoms with Gasteiger partial charge in [0.25, 0.3) is 0 Å². The van der Waals surface area contributed by atoms with Crippen LogP contribution in [0.5, 0.6) is 0 Å². The zero-order valence-electron chi connectivity index (χ0n) is 9.14. The van der Waals surface area contributed by atoms with Crippen molar-refractivity contribution in [3.05, 3.63) is 59.2 Å². The molecule has 0 heterocycles. The Bertz CT molecular complexity index is 510. The monoisotopic (exact) mass is 217 g/mol. The van der Waals surface area contributed by atoms with Crippen LogP contribution in [0.1, 0.15) is 11.1 Å². The molecule has 0 aliphatic rings. The second-order valence-electron chi connectivity index (χ2n) is 3.86. The summed E-state index contributed by atoms with van der Waals surface area (Å²) in [7, 11) is 0. The van der Waals surface area contributed by atoms with Crippen molar-refractivity contribution >= 4 is 0 Å². The quantitative estimate of drug-likeness (QED) is 0.676. The van der Waals surface area contributed by atoms with E-state index >= 15 is 0 Å². The Morgan fingerprint density at radius 1 is 0.812 bits per heavy atom. The molecule has 2 aromatic rings. The second-order valence-corrected chi connectivity index (χ2v) is 3.86. The maximum Gasteiger partial charge on any atom is 0.159 e. The molecule has 81 valence electrons. The van der Waals surface area contributed by atoms with E-state index in [0.29, 0.717) is 5.56 Å². The highest BCUT2D eigenvalue weighted by molar-refractivity contribution is 5.65. The molecule has 0 saturated carbocycles. The molecule has 1 radical (unpaired) electrons. The standard InChI is InChI=1S/C14H11F2/c1-9-5-10(2)7-12(6-9)11-3-4-13(15)14(16)8-11/h3-4,6-8H,1-2H3. The van der Waals surface area contributed by atoms with E-state index < -0.39 is 11.6 Å². The maximum atomic E-state index is 13.1. The Kier molecular flexibility index (Phi) is 2.73. The van der Waals surface area contributed by atoms with Gasteiger partial charge in [-0.25, -0.2) is 8.78 Å². The molecule has 2 heteroatoms. The first kappa shape index (κ1) is 10.8. The van der Waals surface area contributed by atoms with Crippen LogP contribution in [-0.2, 0) is 0 Å². The van der Waals surface area contributed by atoms with E-state index in [1.807, 2.05) is 26.0 Å². The Hall–Kier alpha value is -1.70. The lowest BCUT2D eigenvalue weighted by Gasteiger charge is -2.05. The van der Waals surface area contributed by atoms with Crippen molar-refractivity contribution in [1.29, 1.82) is 0 Å². The van der Waals surface area contributed by atoms with Crippen molar-refractivity contribution in [3.63, 3.8) is 0 Å². The van der Waals surface area contributed by atoms with E-state index in [-0.39, 0.29) is 0 Å². The topological polar surface area (TPSA) is 0 Å². The summed E-state index contributed by atoms with van der Waals surface area (Å²) in [5.74, 6) is -1.64. The minimum atomic E-state index is -0.820. The van der Waals surface area contributed by atoms with E-state index in [1.54, 1.807) is 6.07 Å². The van der Waals surface area contributed by atoms with E-state index in [9.17, 15) is 8.78 Å². The lowest BCUT2D eigenvalue weighted by molar-refractivity contribution is 0.509. The second kappa shape index (κ2) is 4.05. The average Bonchev–Trinajstić information content (AvgIpc) is 2.20. The third-order valence-electron chi connectivity index (χ3n) is 2.39. The van der Waals surface area contributed by atoms with Crippen LogP contribution in [0.2, 0.25) is 0 Å². The molecule has 0 aliphatic heterocycles. The van der Waals surface area contributed by atoms with Crippen LogP contribution < -0.4 is 0 Å². The van der Waals surface area contributed by atoms with Gasteiger partial charge in [-0.1, -0.05) is 18.2 Å². The summed E-state index contributed by atoms with van der Waals surface area (Å²) in [6.07, 6.45) is 0. The van der Waals surface area contributed by atoms with Crippen molar-refractivity contribution in [3.8, 4) is 11.1 Å². The summed E-state index contributed by atoms with van der Waals surface area (Å²) >= 11 is 0. The van der Waals surface area contributed by atoms with E-state index in [2.05, 4.69) is 6.07 Å². The normalized spacial score (nSPS) is 10.5. The van der Waals surface area contributed by atoms with Gasteiger partial charge in [-0.05, 0) is 54.3 Å². The summed E-state index contributed by atoms with van der Waals surface area (Å²) in [5, 5.41) is 0. The van der Waals surface area contributed by atoms with Crippen LogP contribution in [0.3, 0.4) is 0 Å². The minimum Gasteiger partial charge on any atom is -0.204 e. The highest BCUT2D eigenvalue weighted by Crippen LogP contribution is 2.23. The number of halogens is 2.